The lowest BCUT2D eigenvalue weighted by atomic mass is 9.94. The number of carbonyl (C=O) groups is 3. The highest BCUT2D eigenvalue weighted by molar-refractivity contribution is 7.10. The minimum absolute atomic E-state index is 0.0253. The molecule has 1 aliphatic rings. The molecule has 0 saturated heterocycles. The van der Waals surface area contributed by atoms with E-state index in [0.717, 1.165) is 36.1 Å². The zero-order valence-electron chi connectivity index (χ0n) is 19.1. The van der Waals surface area contributed by atoms with Crippen molar-refractivity contribution >= 4 is 34.6 Å². The Morgan fingerprint density at radius 2 is 2.03 bits per heavy atom. The Bertz CT molecular complexity index is 1020. The Hall–Kier alpha value is -3.11. The Morgan fingerprint density at radius 1 is 1.27 bits per heavy atom. The third-order valence-electron chi connectivity index (χ3n) is 6.03. The summed E-state index contributed by atoms with van der Waals surface area (Å²) in [5.74, 6) is 2.25. The standard InChI is InChI=1S/C26H30N2O4S/c1-4-24(30)27-14-13-25(31)28(21-12-11-20(32-3)16-18(21)2)26(23-10-7-15-33-23)22(29)17-19-8-5-6-9-19/h1,7,10-12,15-16,19,26H,5-6,8-9,13-14,17H2,2-3H3,(H,27,30). The maximum Gasteiger partial charge on any atom is 0.295 e. The van der Waals surface area contributed by atoms with Crippen LogP contribution in [0.3, 0.4) is 0 Å². The fourth-order valence-electron chi connectivity index (χ4n) is 4.38. The SMILES string of the molecule is C#CC(=O)NCCC(=O)N(c1ccc(OC)cc1C)C(C(=O)CC1CCCC1)c1cccs1. The highest BCUT2D eigenvalue weighted by atomic mass is 32.1. The van der Waals surface area contributed by atoms with E-state index in [1.54, 1.807) is 18.1 Å². The number of nitrogens with one attached hydrogen (secondary N) is 1. The van der Waals surface area contributed by atoms with Gasteiger partial charge >= 0.3 is 0 Å². The second-order valence-electron chi connectivity index (χ2n) is 8.31. The van der Waals surface area contributed by atoms with Gasteiger partial charge in [0, 0.05) is 30.0 Å². The third kappa shape index (κ3) is 6.23. The highest BCUT2D eigenvalue weighted by Crippen LogP contribution is 2.37. The van der Waals surface area contributed by atoms with Crippen molar-refractivity contribution in [3.63, 3.8) is 0 Å². The molecule has 1 N–H and O–H groups in total. The van der Waals surface area contributed by atoms with E-state index in [4.69, 9.17) is 11.2 Å². The molecule has 0 bridgehead atoms. The summed E-state index contributed by atoms with van der Waals surface area (Å²) in [5.41, 5.74) is 1.48. The highest BCUT2D eigenvalue weighted by Gasteiger charge is 2.35. The predicted octanol–water partition coefficient (Wildman–Crippen LogP) is 4.43. The summed E-state index contributed by atoms with van der Waals surface area (Å²) in [4.78, 5) is 41.1. The number of rotatable bonds is 10. The summed E-state index contributed by atoms with van der Waals surface area (Å²) in [7, 11) is 1.59. The van der Waals surface area contributed by atoms with E-state index in [0.29, 0.717) is 23.8 Å². The van der Waals surface area contributed by atoms with Crippen molar-refractivity contribution in [2.75, 3.05) is 18.6 Å². The van der Waals surface area contributed by atoms with E-state index in [1.807, 2.05) is 42.5 Å². The number of Topliss-reactive ketones (excluding diaryl/α,β-unsaturated/α-hetero) is 1. The molecule has 1 aliphatic carbocycles. The quantitative estimate of drug-likeness (QED) is 0.526. The number of aryl methyl sites for hydroxylation is 1. The van der Waals surface area contributed by atoms with Gasteiger partial charge in [-0.15, -0.1) is 17.8 Å². The molecule has 1 heterocycles. The maximum absolute atomic E-state index is 13.7. The summed E-state index contributed by atoms with van der Waals surface area (Å²) in [5, 5.41) is 4.46. The molecule has 1 saturated carbocycles. The minimum atomic E-state index is -0.714. The normalized spacial score (nSPS) is 14.3. The van der Waals surface area contributed by atoms with Gasteiger partial charge in [0.1, 0.15) is 11.8 Å². The molecule has 2 amide bonds. The van der Waals surface area contributed by atoms with Gasteiger partial charge in [0.2, 0.25) is 5.91 Å². The summed E-state index contributed by atoms with van der Waals surface area (Å²) in [6.07, 6.45) is 9.99. The lowest BCUT2D eigenvalue weighted by molar-refractivity contribution is -0.126. The van der Waals surface area contributed by atoms with Crippen LogP contribution in [0.5, 0.6) is 5.75 Å². The van der Waals surface area contributed by atoms with Gasteiger partial charge in [-0.05, 0) is 54.0 Å². The van der Waals surface area contributed by atoms with Crippen LogP contribution in [0.25, 0.3) is 0 Å². The summed E-state index contributed by atoms with van der Waals surface area (Å²) < 4.78 is 5.33. The summed E-state index contributed by atoms with van der Waals surface area (Å²) in [6, 6.07) is 8.54. The molecule has 0 radical (unpaired) electrons. The lowest BCUT2D eigenvalue weighted by Gasteiger charge is -2.32. The average Bonchev–Trinajstić information content (AvgIpc) is 3.51. The molecule has 1 aromatic heterocycles. The molecular formula is C26H30N2O4S. The van der Waals surface area contributed by atoms with Crippen molar-refractivity contribution < 1.29 is 19.1 Å². The topological polar surface area (TPSA) is 75.7 Å². The van der Waals surface area contributed by atoms with Gasteiger partial charge in [-0.25, -0.2) is 0 Å². The number of benzene rings is 1. The van der Waals surface area contributed by atoms with Crippen LogP contribution in [0.4, 0.5) is 5.69 Å². The van der Waals surface area contributed by atoms with Crippen LogP contribution in [0, 0.1) is 25.2 Å². The van der Waals surface area contributed by atoms with Gasteiger partial charge in [-0.2, -0.15) is 0 Å². The molecule has 3 rings (SSSR count). The molecule has 1 aromatic carbocycles. The summed E-state index contributed by atoms with van der Waals surface area (Å²) in [6.45, 7) is 1.99. The zero-order chi connectivity index (χ0) is 23.8. The van der Waals surface area contributed by atoms with E-state index in [1.165, 1.54) is 11.3 Å². The smallest absolute Gasteiger partial charge is 0.295 e. The Morgan fingerprint density at radius 3 is 2.64 bits per heavy atom. The van der Waals surface area contributed by atoms with Gasteiger partial charge in [-0.3, -0.25) is 19.3 Å². The number of nitrogens with zero attached hydrogens (tertiary/aromatic N) is 1. The Balaban J connectivity index is 1.98. The number of terminal acetylenes is 1. The molecule has 1 unspecified atom stereocenters. The molecule has 1 fully saturated rings. The van der Waals surface area contributed by atoms with Crippen LogP contribution in [-0.2, 0) is 14.4 Å². The second kappa shape index (κ2) is 11.7. The van der Waals surface area contributed by atoms with Crippen molar-refractivity contribution in [1.82, 2.24) is 5.32 Å². The molecule has 0 aliphatic heterocycles. The van der Waals surface area contributed by atoms with Crippen LogP contribution in [0.2, 0.25) is 0 Å². The predicted molar refractivity (Wildman–Crippen MR) is 130 cm³/mol. The second-order valence-corrected chi connectivity index (χ2v) is 9.28. The zero-order valence-corrected chi connectivity index (χ0v) is 20.0. The van der Waals surface area contributed by atoms with Crippen molar-refractivity contribution in [2.45, 2.75) is 51.5 Å². The van der Waals surface area contributed by atoms with E-state index < -0.39 is 11.9 Å². The third-order valence-corrected chi connectivity index (χ3v) is 6.95. The first-order valence-corrected chi connectivity index (χ1v) is 12.1. The first kappa shape index (κ1) is 24.5. The van der Waals surface area contributed by atoms with Crippen LogP contribution in [0.15, 0.2) is 35.7 Å². The number of hydrogen-bond donors (Lipinski definition) is 1. The number of hydrogen-bond acceptors (Lipinski definition) is 5. The fraction of sp³-hybridized carbons (Fsp3) is 0.423. The average molecular weight is 467 g/mol. The van der Waals surface area contributed by atoms with Crippen molar-refractivity contribution in [2.24, 2.45) is 5.92 Å². The molecule has 174 valence electrons. The number of methoxy groups -OCH3 is 1. The van der Waals surface area contributed by atoms with Gasteiger partial charge in [0.25, 0.3) is 5.91 Å². The minimum Gasteiger partial charge on any atom is -0.497 e. The lowest BCUT2D eigenvalue weighted by Crippen LogP contribution is -2.41. The van der Waals surface area contributed by atoms with Gasteiger partial charge in [0.05, 0.1) is 7.11 Å². The molecule has 0 spiro atoms. The van der Waals surface area contributed by atoms with Gasteiger partial charge in [0.15, 0.2) is 5.78 Å². The van der Waals surface area contributed by atoms with Crippen LogP contribution < -0.4 is 15.0 Å². The molecule has 7 heteroatoms. The number of ether oxygens (including phenoxy) is 1. The van der Waals surface area contributed by atoms with Crippen molar-refractivity contribution in [3.8, 4) is 18.1 Å². The van der Waals surface area contributed by atoms with E-state index in [2.05, 4.69) is 5.32 Å². The van der Waals surface area contributed by atoms with Crippen molar-refractivity contribution in [1.29, 1.82) is 0 Å². The van der Waals surface area contributed by atoms with E-state index in [-0.39, 0.29) is 24.7 Å². The number of carbonyl (C=O) groups excluding carboxylic acids is 3. The number of anilines is 1. The number of thiophene rings is 1. The number of ketones is 1. The van der Waals surface area contributed by atoms with Gasteiger partial charge in [-0.1, -0.05) is 31.7 Å². The maximum atomic E-state index is 13.7. The Labute approximate surface area is 199 Å². The molecular weight excluding hydrogens is 436 g/mol. The van der Waals surface area contributed by atoms with Crippen LogP contribution >= 0.6 is 11.3 Å². The first-order valence-electron chi connectivity index (χ1n) is 11.2. The van der Waals surface area contributed by atoms with Crippen molar-refractivity contribution in [3.05, 3.63) is 46.2 Å². The fourth-order valence-corrected chi connectivity index (χ4v) is 5.22. The molecule has 33 heavy (non-hydrogen) atoms. The largest absolute Gasteiger partial charge is 0.497 e. The molecule has 6 nitrogen and oxygen atoms in total. The van der Waals surface area contributed by atoms with E-state index >= 15 is 0 Å². The molecule has 1 atom stereocenters. The van der Waals surface area contributed by atoms with Crippen LogP contribution in [0.1, 0.15) is 55.0 Å². The summed E-state index contributed by atoms with van der Waals surface area (Å²) >= 11 is 1.47. The number of amides is 2. The van der Waals surface area contributed by atoms with Gasteiger partial charge < -0.3 is 10.1 Å². The van der Waals surface area contributed by atoms with Crippen LogP contribution in [-0.4, -0.2) is 31.3 Å². The first-order chi connectivity index (χ1) is 15.9. The monoisotopic (exact) mass is 466 g/mol. The molecule has 2 aromatic rings. The Kier molecular flexibility index (Phi) is 8.67. The van der Waals surface area contributed by atoms with E-state index in [9.17, 15) is 14.4 Å².